The average Bonchev–Trinajstić information content (AvgIpc) is 1.89. The van der Waals surface area contributed by atoms with Gasteiger partial charge in [-0.1, -0.05) is 0 Å². The maximum absolute atomic E-state index is 5.36. The van der Waals surface area contributed by atoms with Crippen molar-refractivity contribution in [2.75, 3.05) is 31.3 Å². The lowest BCUT2D eigenvalue weighted by molar-refractivity contribution is -0.137. The molecule has 2 nitrogen and oxygen atoms in total. The molecule has 2 aliphatic rings. The first-order valence-corrected chi connectivity index (χ1v) is 4.89. The molecule has 2 saturated heterocycles. The van der Waals surface area contributed by atoms with Crippen LogP contribution in [0.1, 0.15) is 0 Å². The van der Waals surface area contributed by atoms with Crippen LogP contribution in [0.15, 0.2) is 0 Å². The van der Waals surface area contributed by atoms with Crippen molar-refractivity contribution >= 4 is 11.8 Å². The molecule has 0 aromatic rings. The Kier molecular flexibility index (Phi) is 2.16. The van der Waals surface area contributed by atoms with Crippen molar-refractivity contribution in [2.24, 2.45) is 5.92 Å². The van der Waals surface area contributed by atoms with Gasteiger partial charge in [0.1, 0.15) is 0 Å². The lowest BCUT2D eigenvalue weighted by Crippen LogP contribution is -2.45. The summed E-state index contributed by atoms with van der Waals surface area (Å²) < 4.78 is 10.7. The van der Waals surface area contributed by atoms with Gasteiger partial charge in [-0.3, -0.25) is 0 Å². The van der Waals surface area contributed by atoms with Crippen molar-refractivity contribution in [1.82, 2.24) is 0 Å². The molecule has 58 valence electrons. The molecule has 0 radical (unpaired) electrons. The predicted molar refractivity (Wildman–Crippen MR) is 41.4 cm³/mol. The molecule has 2 rings (SSSR count). The van der Waals surface area contributed by atoms with Gasteiger partial charge in [0.2, 0.25) is 0 Å². The molecule has 0 N–H and O–H groups in total. The van der Waals surface area contributed by atoms with Crippen molar-refractivity contribution in [3.8, 4) is 0 Å². The number of thioether (sulfide) groups is 1. The van der Waals surface area contributed by atoms with E-state index < -0.39 is 0 Å². The lowest BCUT2D eigenvalue weighted by atomic mass is 10.0. The second-order valence-corrected chi connectivity index (χ2v) is 3.93. The van der Waals surface area contributed by atoms with E-state index in [1.165, 1.54) is 5.75 Å². The molecule has 0 aliphatic carbocycles. The van der Waals surface area contributed by atoms with E-state index in [2.05, 4.69) is 0 Å². The van der Waals surface area contributed by atoms with Gasteiger partial charge >= 0.3 is 0 Å². The molecule has 10 heavy (non-hydrogen) atoms. The summed E-state index contributed by atoms with van der Waals surface area (Å²) >= 11 is 1.99. The Morgan fingerprint density at radius 3 is 3.10 bits per heavy atom. The zero-order chi connectivity index (χ0) is 6.81. The van der Waals surface area contributed by atoms with Crippen LogP contribution in [0, 0.1) is 5.92 Å². The lowest BCUT2D eigenvalue weighted by Gasteiger charge is -2.37. The van der Waals surface area contributed by atoms with Crippen LogP contribution in [0.2, 0.25) is 0 Å². The fourth-order valence-corrected chi connectivity index (χ4v) is 2.28. The van der Waals surface area contributed by atoms with Crippen LogP contribution in [0.3, 0.4) is 0 Å². The van der Waals surface area contributed by atoms with Gasteiger partial charge in [-0.15, -0.1) is 0 Å². The van der Waals surface area contributed by atoms with Crippen LogP contribution < -0.4 is 0 Å². The average molecular weight is 160 g/mol. The summed E-state index contributed by atoms with van der Waals surface area (Å²) in [5.74, 6) is 3.21. The predicted octanol–water partition coefficient (Wildman–Crippen LogP) is 0.765. The summed E-state index contributed by atoms with van der Waals surface area (Å²) in [6.07, 6.45) is 0.424. The highest BCUT2D eigenvalue weighted by molar-refractivity contribution is 7.99. The van der Waals surface area contributed by atoms with Gasteiger partial charge < -0.3 is 9.47 Å². The van der Waals surface area contributed by atoms with Crippen LogP contribution in [0.5, 0.6) is 0 Å². The van der Waals surface area contributed by atoms with E-state index >= 15 is 0 Å². The van der Waals surface area contributed by atoms with Gasteiger partial charge in [-0.2, -0.15) is 11.8 Å². The third-order valence-corrected chi connectivity index (χ3v) is 3.16. The van der Waals surface area contributed by atoms with Gasteiger partial charge in [-0.05, 0) is 0 Å². The van der Waals surface area contributed by atoms with Crippen LogP contribution in [0.4, 0.5) is 0 Å². The number of hydrogen-bond donors (Lipinski definition) is 0. The minimum Gasteiger partial charge on any atom is -0.378 e. The van der Waals surface area contributed by atoms with Gasteiger partial charge in [0.15, 0.2) is 0 Å². The largest absolute Gasteiger partial charge is 0.378 e. The molecule has 0 amide bonds. The fraction of sp³-hybridized carbons (Fsp3) is 1.00. The van der Waals surface area contributed by atoms with Crippen LogP contribution in [-0.4, -0.2) is 37.4 Å². The molecule has 2 atom stereocenters. The van der Waals surface area contributed by atoms with Crippen molar-refractivity contribution < 1.29 is 9.47 Å². The third-order valence-electron chi connectivity index (χ3n) is 2.04. The molecule has 3 heteroatoms. The van der Waals surface area contributed by atoms with Gasteiger partial charge in [-0.25, -0.2) is 0 Å². The standard InChI is InChI=1S/C7H12O2S/c1-2-10-5-6-3-9-7(6)4-8-1/h6-7H,1-5H2. The molecule has 2 aliphatic heterocycles. The molecule has 0 spiro atoms. The Hall–Kier alpha value is 0.270. The SMILES string of the molecule is C1CSCC2COC2CO1. The summed E-state index contributed by atoms with van der Waals surface area (Å²) in [5, 5.41) is 0. The monoisotopic (exact) mass is 160 g/mol. The first-order valence-electron chi connectivity index (χ1n) is 3.74. The maximum Gasteiger partial charge on any atom is 0.0866 e. The summed E-state index contributed by atoms with van der Waals surface area (Å²) in [7, 11) is 0. The molecule has 0 aromatic heterocycles. The Bertz CT molecular complexity index is 104. The highest BCUT2D eigenvalue weighted by Crippen LogP contribution is 2.26. The summed E-state index contributed by atoms with van der Waals surface area (Å²) in [6, 6.07) is 0. The number of rotatable bonds is 0. The molecule has 2 heterocycles. The molecule has 0 bridgehead atoms. The van der Waals surface area contributed by atoms with Crippen LogP contribution in [0.25, 0.3) is 0 Å². The topological polar surface area (TPSA) is 18.5 Å². The minimum absolute atomic E-state index is 0.424. The van der Waals surface area contributed by atoms with E-state index in [0.717, 1.165) is 31.5 Å². The highest BCUT2D eigenvalue weighted by Gasteiger charge is 2.32. The summed E-state index contributed by atoms with van der Waals surface area (Å²) in [5.41, 5.74) is 0. The zero-order valence-corrected chi connectivity index (χ0v) is 6.73. The molecule has 2 unspecified atom stereocenters. The summed E-state index contributed by atoms with van der Waals surface area (Å²) in [4.78, 5) is 0. The molecule has 0 aromatic carbocycles. The maximum atomic E-state index is 5.36. The van der Waals surface area contributed by atoms with Crippen LogP contribution in [-0.2, 0) is 9.47 Å². The molecule has 0 saturated carbocycles. The highest BCUT2D eigenvalue weighted by atomic mass is 32.2. The van der Waals surface area contributed by atoms with E-state index in [4.69, 9.17) is 9.47 Å². The van der Waals surface area contributed by atoms with Crippen molar-refractivity contribution in [3.63, 3.8) is 0 Å². The first-order chi connectivity index (χ1) is 4.97. The van der Waals surface area contributed by atoms with Crippen LogP contribution >= 0.6 is 11.8 Å². The molecular weight excluding hydrogens is 148 g/mol. The fourth-order valence-electron chi connectivity index (χ4n) is 1.26. The Morgan fingerprint density at radius 1 is 1.30 bits per heavy atom. The van der Waals surface area contributed by atoms with E-state index in [0.29, 0.717) is 6.10 Å². The first kappa shape index (κ1) is 6.95. The Labute approximate surface area is 65.3 Å². The van der Waals surface area contributed by atoms with Crippen molar-refractivity contribution in [2.45, 2.75) is 6.10 Å². The number of fused-ring (bicyclic) bond motifs is 1. The van der Waals surface area contributed by atoms with E-state index in [9.17, 15) is 0 Å². The second kappa shape index (κ2) is 3.11. The van der Waals surface area contributed by atoms with Gasteiger partial charge in [0, 0.05) is 17.4 Å². The Morgan fingerprint density at radius 2 is 2.30 bits per heavy atom. The molecular formula is C7H12O2S. The second-order valence-electron chi connectivity index (χ2n) is 2.78. The molecule has 2 fully saturated rings. The number of hydrogen-bond acceptors (Lipinski definition) is 3. The van der Waals surface area contributed by atoms with E-state index in [1.807, 2.05) is 11.8 Å². The zero-order valence-electron chi connectivity index (χ0n) is 5.91. The normalized spacial score (nSPS) is 40.8. The summed E-state index contributed by atoms with van der Waals surface area (Å²) in [6.45, 7) is 2.68. The Balaban J connectivity index is 1.83. The smallest absolute Gasteiger partial charge is 0.0866 e. The quantitative estimate of drug-likeness (QED) is 0.521. The third kappa shape index (κ3) is 1.31. The number of ether oxygens (including phenoxy) is 2. The minimum atomic E-state index is 0.424. The van der Waals surface area contributed by atoms with Gasteiger partial charge in [0.05, 0.1) is 25.9 Å². The van der Waals surface area contributed by atoms with Gasteiger partial charge in [0.25, 0.3) is 0 Å². The van der Waals surface area contributed by atoms with E-state index in [1.54, 1.807) is 0 Å². The van der Waals surface area contributed by atoms with Crippen molar-refractivity contribution in [3.05, 3.63) is 0 Å². The van der Waals surface area contributed by atoms with E-state index in [-0.39, 0.29) is 0 Å². The van der Waals surface area contributed by atoms with Crippen molar-refractivity contribution in [1.29, 1.82) is 0 Å².